The van der Waals surface area contributed by atoms with Crippen molar-refractivity contribution in [2.75, 3.05) is 20.3 Å². The molecule has 0 saturated heterocycles. The highest BCUT2D eigenvalue weighted by Gasteiger charge is 2.35. The van der Waals surface area contributed by atoms with Crippen molar-refractivity contribution in [3.05, 3.63) is 0 Å². The fourth-order valence-electron chi connectivity index (χ4n) is 1.84. The number of nitrogens with one attached hydrogen (secondary N) is 1. The lowest BCUT2D eigenvalue weighted by molar-refractivity contribution is -0.145. The van der Waals surface area contributed by atoms with Crippen LogP contribution >= 0.6 is 0 Å². The van der Waals surface area contributed by atoms with Gasteiger partial charge in [-0.3, -0.25) is 10.1 Å². The van der Waals surface area contributed by atoms with Gasteiger partial charge in [-0.1, -0.05) is 26.7 Å². The molecular weight excluding hydrogens is 194 g/mol. The zero-order chi connectivity index (χ0) is 11.7. The molecule has 4 heteroatoms. The van der Waals surface area contributed by atoms with Crippen LogP contribution in [0.25, 0.3) is 0 Å². The van der Waals surface area contributed by atoms with Gasteiger partial charge in [-0.15, -0.1) is 0 Å². The second-order valence-electron chi connectivity index (χ2n) is 3.81. The lowest BCUT2D eigenvalue weighted by atomic mass is 9.88. The van der Waals surface area contributed by atoms with E-state index in [1.54, 1.807) is 7.11 Å². The summed E-state index contributed by atoms with van der Waals surface area (Å²) >= 11 is 0. The molecule has 4 nitrogen and oxygen atoms in total. The minimum absolute atomic E-state index is 0.544. The van der Waals surface area contributed by atoms with E-state index in [-0.39, 0.29) is 0 Å². The van der Waals surface area contributed by atoms with Crippen LogP contribution in [0.3, 0.4) is 0 Å². The quantitative estimate of drug-likeness (QED) is 0.576. The Bertz CT molecular complexity index is 177. The number of ether oxygens (including phenoxy) is 1. The van der Waals surface area contributed by atoms with Crippen LogP contribution in [0.15, 0.2) is 0 Å². The fraction of sp³-hybridized carbons (Fsp3) is 0.909. The number of methoxy groups -OCH3 is 1. The molecule has 0 aromatic carbocycles. The molecule has 2 N–H and O–H groups in total. The second-order valence-corrected chi connectivity index (χ2v) is 3.81. The fourth-order valence-corrected chi connectivity index (χ4v) is 1.84. The van der Waals surface area contributed by atoms with Crippen molar-refractivity contribution in [3.8, 4) is 0 Å². The van der Waals surface area contributed by atoms with Gasteiger partial charge >= 0.3 is 5.97 Å². The normalized spacial score (nSPS) is 11.7. The monoisotopic (exact) mass is 217 g/mol. The Balaban J connectivity index is 4.40. The molecule has 0 fully saturated rings. The van der Waals surface area contributed by atoms with Crippen LogP contribution in [0.2, 0.25) is 0 Å². The van der Waals surface area contributed by atoms with Crippen LogP contribution < -0.4 is 5.32 Å². The molecule has 0 bridgehead atoms. The third kappa shape index (κ3) is 4.62. The molecule has 0 unspecified atom stereocenters. The number of hydrogen-bond donors (Lipinski definition) is 2. The lowest BCUT2D eigenvalue weighted by Crippen LogP contribution is -2.53. The first-order valence-electron chi connectivity index (χ1n) is 5.60. The topological polar surface area (TPSA) is 58.6 Å². The Labute approximate surface area is 92.0 Å². The van der Waals surface area contributed by atoms with E-state index in [1.807, 2.05) is 13.8 Å². The zero-order valence-electron chi connectivity index (χ0n) is 10.0. The zero-order valence-corrected chi connectivity index (χ0v) is 10.0. The summed E-state index contributed by atoms with van der Waals surface area (Å²) in [5, 5.41) is 12.4. The van der Waals surface area contributed by atoms with Crippen molar-refractivity contribution in [2.45, 2.75) is 45.1 Å². The lowest BCUT2D eigenvalue weighted by Gasteiger charge is -2.30. The summed E-state index contributed by atoms with van der Waals surface area (Å²) in [6, 6.07) is 0. The summed E-state index contributed by atoms with van der Waals surface area (Å²) in [5.74, 6) is -0.748. The van der Waals surface area contributed by atoms with Gasteiger partial charge in [0.2, 0.25) is 0 Å². The van der Waals surface area contributed by atoms with Crippen LogP contribution in [0.5, 0.6) is 0 Å². The predicted octanol–water partition coefficient (Wildman–Crippen LogP) is 1.65. The Morgan fingerprint density at radius 2 is 1.87 bits per heavy atom. The molecule has 0 aliphatic rings. The van der Waals surface area contributed by atoms with E-state index < -0.39 is 11.5 Å². The summed E-state index contributed by atoms with van der Waals surface area (Å²) in [4.78, 5) is 11.3. The summed E-state index contributed by atoms with van der Waals surface area (Å²) in [6.07, 6.45) is 3.07. The van der Waals surface area contributed by atoms with Gasteiger partial charge in [0.25, 0.3) is 0 Å². The van der Waals surface area contributed by atoms with Gasteiger partial charge < -0.3 is 9.84 Å². The summed E-state index contributed by atoms with van der Waals surface area (Å²) < 4.78 is 4.92. The van der Waals surface area contributed by atoms with Gasteiger partial charge in [0, 0.05) is 13.7 Å². The average Bonchev–Trinajstić information content (AvgIpc) is 2.18. The molecule has 15 heavy (non-hydrogen) atoms. The Morgan fingerprint density at radius 3 is 2.20 bits per heavy atom. The van der Waals surface area contributed by atoms with Gasteiger partial charge in [-0.25, -0.2) is 0 Å². The second kappa shape index (κ2) is 7.65. The number of carbonyl (C=O) groups is 1. The third-order valence-electron chi connectivity index (χ3n) is 2.53. The number of carboxylic acid groups (broad SMARTS) is 1. The SMILES string of the molecule is CCCC(CCC)(NCCOC)C(=O)O. The van der Waals surface area contributed by atoms with Crippen molar-refractivity contribution in [1.82, 2.24) is 5.32 Å². The van der Waals surface area contributed by atoms with Gasteiger partial charge in [-0.2, -0.15) is 0 Å². The molecule has 90 valence electrons. The first-order chi connectivity index (χ1) is 7.13. The van der Waals surface area contributed by atoms with E-state index >= 15 is 0 Å². The van der Waals surface area contributed by atoms with E-state index in [0.717, 1.165) is 12.8 Å². The van der Waals surface area contributed by atoms with Gasteiger partial charge in [-0.05, 0) is 12.8 Å². The summed E-state index contributed by atoms with van der Waals surface area (Å²) in [5.41, 5.74) is -0.762. The molecule has 0 aromatic heterocycles. The molecule has 0 atom stereocenters. The van der Waals surface area contributed by atoms with E-state index in [2.05, 4.69) is 5.32 Å². The largest absolute Gasteiger partial charge is 0.480 e. The molecule has 0 aliphatic carbocycles. The Kier molecular flexibility index (Phi) is 7.34. The predicted molar refractivity (Wildman–Crippen MR) is 60.1 cm³/mol. The van der Waals surface area contributed by atoms with Crippen molar-refractivity contribution in [3.63, 3.8) is 0 Å². The van der Waals surface area contributed by atoms with Crippen molar-refractivity contribution >= 4 is 5.97 Å². The Hall–Kier alpha value is -0.610. The number of rotatable bonds is 9. The molecule has 0 aliphatic heterocycles. The Morgan fingerprint density at radius 1 is 1.33 bits per heavy atom. The first kappa shape index (κ1) is 14.4. The molecule has 0 rings (SSSR count). The van der Waals surface area contributed by atoms with Crippen molar-refractivity contribution < 1.29 is 14.6 Å². The van der Waals surface area contributed by atoms with E-state index in [1.165, 1.54) is 0 Å². The molecule has 0 saturated carbocycles. The molecule has 0 radical (unpaired) electrons. The maximum absolute atomic E-state index is 11.3. The standard InChI is InChI=1S/C11H23NO3/c1-4-6-11(7-5-2,10(13)14)12-8-9-15-3/h12H,4-9H2,1-3H3,(H,13,14). The number of aliphatic carboxylic acids is 1. The molecular formula is C11H23NO3. The van der Waals surface area contributed by atoms with Gasteiger partial charge in [0.1, 0.15) is 5.54 Å². The maximum atomic E-state index is 11.3. The van der Waals surface area contributed by atoms with Crippen LogP contribution in [0.1, 0.15) is 39.5 Å². The summed E-state index contributed by atoms with van der Waals surface area (Å²) in [6.45, 7) is 5.14. The molecule has 0 aromatic rings. The molecule has 0 spiro atoms. The van der Waals surface area contributed by atoms with Gasteiger partial charge in [0.05, 0.1) is 6.61 Å². The molecule has 0 heterocycles. The van der Waals surface area contributed by atoms with E-state index in [0.29, 0.717) is 26.0 Å². The van der Waals surface area contributed by atoms with Crippen LogP contribution in [0.4, 0.5) is 0 Å². The van der Waals surface area contributed by atoms with Crippen molar-refractivity contribution in [2.24, 2.45) is 0 Å². The number of hydrogen-bond acceptors (Lipinski definition) is 3. The van der Waals surface area contributed by atoms with E-state index in [9.17, 15) is 9.90 Å². The number of carboxylic acids is 1. The smallest absolute Gasteiger partial charge is 0.323 e. The summed E-state index contributed by atoms with van der Waals surface area (Å²) in [7, 11) is 1.61. The third-order valence-corrected chi connectivity index (χ3v) is 2.53. The highest BCUT2D eigenvalue weighted by atomic mass is 16.5. The minimum atomic E-state index is -0.762. The first-order valence-corrected chi connectivity index (χ1v) is 5.60. The van der Waals surface area contributed by atoms with Crippen LogP contribution in [-0.4, -0.2) is 36.9 Å². The maximum Gasteiger partial charge on any atom is 0.323 e. The van der Waals surface area contributed by atoms with Crippen molar-refractivity contribution in [1.29, 1.82) is 0 Å². The highest BCUT2D eigenvalue weighted by Crippen LogP contribution is 2.19. The van der Waals surface area contributed by atoms with E-state index in [4.69, 9.17) is 4.74 Å². The minimum Gasteiger partial charge on any atom is -0.480 e. The highest BCUT2D eigenvalue weighted by molar-refractivity contribution is 5.78. The average molecular weight is 217 g/mol. The van der Waals surface area contributed by atoms with Crippen LogP contribution in [0, 0.1) is 0 Å². The van der Waals surface area contributed by atoms with Crippen LogP contribution in [-0.2, 0) is 9.53 Å². The molecule has 0 amide bonds. The van der Waals surface area contributed by atoms with Gasteiger partial charge in [0.15, 0.2) is 0 Å².